The highest BCUT2D eigenvalue weighted by Crippen LogP contribution is 2.39. The van der Waals surface area contributed by atoms with Gasteiger partial charge in [0.2, 0.25) is 0 Å². The van der Waals surface area contributed by atoms with Crippen LogP contribution in [0.4, 0.5) is 4.39 Å². The van der Waals surface area contributed by atoms with Gasteiger partial charge in [-0.05, 0) is 45.4 Å². The molecule has 1 aliphatic rings. The number of hydrogen-bond acceptors (Lipinski definition) is 4. The molecule has 0 aliphatic carbocycles. The van der Waals surface area contributed by atoms with Gasteiger partial charge >= 0.3 is 7.12 Å². The molecule has 1 aromatic carbocycles. The second-order valence-corrected chi connectivity index (χ2v) is 7.36. The molecule has 0 radical (unpaired) electrons. The van der Waals surface area contributed by atoms with Gasteiger partial charge in [0.15, 0.2) is 0 Å². The van der Waals surface area contributed by atoms with E-state index in [0.717, 1.165) is 5.56 Å². The average Bonchev–Trinajstić information content (AvgIpc) is 2.76. The molecule has 0 N–H and O–H groups in total. The van der Waals surface area contributed by atoms with Crippen LogP contribution in [-0.2, 0) is 9.31 Å². The van der Waals surface area contributed by atoms with Crippen molar-refractivity contribution < 1.29 is 13.7 Å². The Bertz CT molecular complexity index is 810. The highest BCUT2D eigenvalue weighted by atomic mass is 35.5. The van der Waals surface area contributed by atoms with Gasteiger partial charge in [0, 0.05) is 5.56 Å². The van der Waals surface area contributed by atoms with Gasteiger partial charge in [-0.25, -0.2) is 9.37 Å². The van der Waals surface area contributed by atoms with E-state index in [1.807, 2.05) is 45.9 Å². The third kappa shape index (κ3) is 3.76. The van der Waals surface area contributed by atoms with E-state index in [2.05, 4.69) is 9.97 Å². The van der Waals surface area contributed by atoms with Crippen molar-refractivity contribution in [1.82, 2.24) is 9.97 Å². The molecular weight excluding hydrogens is 341 g/mol. The van der Waals surface area contributed by atoms with Gasteiger partial charge in [-0.15, -0.1) is 0 Å². The zero-order chi connectivity index (χ0) is 18.2. The lowest BCUT2D eigenvalue weighted by Crippen LogP contribution is -2.41. The Labute approximate surface area is 152 Å². The van der Waals surface area contributed by atoms with E-state index >= 15 is 0 Å². The Balaban J connectivity index is 1.86. The van der Waals surface area contributed by atoms with Crippen molar-refractivity contribution in [3.8, 4) is 11.3 Å². The van der Waals surface area contributed by atoms with Crippen LogP contribution in [0.2, 0.25) is 5.15 Å². The molecule has 3 rings (SSSR count). The summed E-state index contributed by atoms with van der Waals surface area (Å²) in [6.45, 7) is 7.55. The van der Waals surface area contributed by atoms with Crippen molar-refractivity contribution in [3.05, 3.63) is 53.1 Å². The van der Waals surface area contributed by atoms with Crippen LogP contribution in [0.1, 0.15) is 33.3 Å². The average molecular weight is 361 g/mol. The first-order chi connectivity index (χ1) is 11.7. The van der Waals surface area contributed by atoms with Gasteiger partial charge in [0.1, 0.15) is 10.9 Å². The summed E-state index contributed by atoms with van der Waals surface area (Å²) in [5, 5.41) is 0.307. The summed E-state index contributed by atoms with van der Waals surface area (Å²) in [4.78, 5) is 8.24. The van der Waals surface area contributed by atoms with Crippen molar-refractivity contribution in [2.24, 2.45) is 0 Å². The van der Waals surface area contributed by atoms with Gasteiger partial charge in [-0.2, -0.15) is 0 Å². The molecule has 0 atom stereocenters. The van der Waals surface area contributed by atoms with Crippen LogP contribution < -0.4 is 0 Å². The predicted molar refractivity (Wildman–Crippen MR) is 97.6 cm³/mol. The molecule has 25 heavy (non-hydrogen) atoms. The molecule has 4 nitrogen and oxygen atoms in total. The number of nitrogens with zero attached hydrogens (tertiary/aromatic N) is 2. The summed E-state index contributed by atoms with van der Waals surface area (Å²) in [6, 6.07) is 7.29. The highest BCUT2D eigenvalue weighted by molar-refractivity contribution is 6.54. The van der Waals surface area contributed by atoms with Crippen LogP contribution in [0.5, 0.6) is 0 Å². The first kappa shape index (κ1) is 18.0. The summed E-state index contributed by atoms with van der Waals surface area (Å²) in [7, 11) is -1.01. The molecule has 130 valence electrons. The fourth-order valence-corrected chi connectivity index (χ4v) is 2.60. The normalized spacial score (nSPS) is 19.3. The molecule has 2 heterocycles. The Morgan fingerprint density at radius 1 is 1.16 bits per heavy atom. The van der Waals surface area contributed by atoms with Crippen LogP contribution in [0.15, 0.2) is 42.4 Å². The van der Waals surface area contributed by atoms with Crippen LogP contribution in [-0.4, -0.2) is 28.3 Å². The molecule has 1 saturated heterocycles. The minimum atomic E-state index is -1.01. The lowest BCUT2D eigenvalue weighted by Gasteiger charge is -2.32. The summed E-state index contributed by atoms with van der Waals surface area (Å²) in [5.41, 5.74) is 0.450. The molecule has 0 saturated carbocycles. The van der Waals surface area contributed by atoms with Crippen molar-refractivity contribution in [1.29, 1.82) is 0 Å². The molecule has 1 aliphatic heterocycles. The highest BCUT2D eigenvalue weighted by Gasteiger charge is 2.53. The number of hydrogen-bond donors (Lipinski definition) is 0. The Kier molecular flexibility index (Phi) is 4.71. The minimum absolute atomic E-state index is 0.307. The van der Waals surface area contributed by atoms with E-state index < -0.39 is 24.0 Å². The second kappa shape index (κ2) is 6.52. The van der Waals surface area contributed by atoms with Crippen molar-refractivity contribution in [2.75, 3.05) is 0 Å². The van der Waals surface area contributed by atoms with E-state index in [1.165, 1.54) is 12.3 Å². The maximum absolute atomic E-state index is 14.6. The van der Waals surface area contributed by atoms with E-state index in [9.17, 15) is 4.39 Å². The van der Waals surface area contributed by atoms with E-state index in [4.69, 9.17) is 20.9 Å². The van der Waals surface area contributed by atoms with Crippen molar-refractivity contribution in [3.63, 3.8) is 0 Å². The first-order valence-electron chi connectivity index (χ1n) is 7.99. The fraction of sp³-hybridized carbons (Fsp3) is 0.333. The molecule has 1 aromatic heterocycles. The maximum atomic E-state index is 14.6. The molecule has 1 fully saturated rings. The third-order valence-electron chi connectivity index (χ3n) is 4.57. The molecule has 2 aromatic rings. The lowest BCUT2D eigenvalue weighted by atomic mass is 9.86. The van der Waals surface area contributed by atoms with Crippen molar-refractivity contribution >= 4 is 24.8 Å². The lowest BCUT2D eigenvalue weighted by molar-refractivity contribution is 0.00578. The van der Waals surface area contributed by atoms with Crippen LogP contribution in [0, 0.1) is 0 Å². The quantitative estimate of drug-likeness (QED) is 0.742. The SMILES string of the molecule is CC1(C)OB(C(F)=Cc2cccc(-c3cncc(Cl)n3)c2)OC1(C)C. The predicted octanol–water partition coefficient (Wildman–Crippen LogP) is 4.74. The van der Waals surface area contributed by atoms with E-state index in [0.29, 0.717) is 16.4 Å². The zero-order valence-electron chi connectivity index (χ0n) is 14.6. The van der Waals surface area contributed by atoms with Gasteiger partial charge in [-0.1, -0.05) is 29.8 Å². The van der Waals surface area contributed by atoms with Gasteiger partial charge < -0.3 is 9.31 Å². The van der Waals surface area contributed by atoms with E-state index in [-0.39, 0.29) is 0 Å². The Morgan fingerprint density at radius 3 is 2.48 bits per heavy atom. The maximum Gasteiger partial charge on any atom is 0.525 e. The molecular formula is C18H19BClFN2O2. The molecule has 7 heteroatoms. The summed E-state index contributed by atoms with van der Waals surface area (Å²) >= 11 is 5.88. The monoisotopic (exact) mass is 360 g/mol. The molecule has 0 amide bonds. The number of aromatic nitrogens is 2. The third-order valence-corrected chi connectivity index (χ3v) is 4.75. The Hall–Kier alpha value is -1.76. The van der Waals surface area contributed by atoms with E-state index in [1.54, 1.807) is 12.3 Å². The topological polar surface area (TPSA) is 44.2 Å². The van der Waals surface area contributed by atoms with Gasteiger partial charge in [0.25, 0.3) is 0 Å². The molecule has 0 bridgehead atoms. The smallest absolute Gasteiger partial charge is 0.398 e. The largest absolute Gasteiger partial charge is 0.525 e. The Morgan fingerprint density at radius 2 is 1.84 bits per heavy atom. The second-order valence-electron chi connectivity index (χ2n) is 6.97. The summed E-state index contributed by atoms with van der Waals surface area (Å²) in [5.74, 6) is 0. The van der Waals surface area contributed by atoms with Crippen molar-refractivity contribution in [2.45, 2.75) is 38.9 Å². The van der Waals surface area contributed by atoms with Gasteiger partial charge in [0.05, 0.1) is 29.3 Å². The standard InChI is InChI=1S/C18H19BClFN2O2/c1-17(2)18(3,4)25-19(24-17)15(21)9-12-6-5-7-13(8-12)14-10-22-11-16(20)23-14/h5-11H,1-4H3. The minimum Gasteiger partial charge on any atom is -0.398 e. The zero-order valence-corrected chi connectivity index (χ0v) is 15.3. The van der Waals surface area contributed by atoms with Crippen LogP contribution in [0.3, 0.4) is 0 Å². The molecule has 0 spiro atoms. The fourth-order valence-electron chi connectivity index (χ4n) is 2.45. The summed E-state index contributed by atoms with van der Waals surface area (Å²) < 4.78 is 26.1. The molecule has 0 unspecified atom stereocenters. The number of benzene rings is 1. The van der Waals surface area contributed by atoms with Crippen LogP contribution in [0.25, 0.3) is 17.3 Å². The number of halogens is 2. The summed E-state index contributed by atoms with van der Waals surface area (Å²) in [6.07, 6.45) is 4.48. The number of rotatable bonds is 3. The first-order valence-corrected chi connectivity index (χ1v) is 8.36. The van der Waals surface area contributed by atoms with Crippen LogP contribution >= 0.6 is 11.6 Å². The van der Waals surface area contributed by atoms with Gasteiger partial charge in [-0.3, -0.25) is 4.98 Å².